The molecule has 2 N–H and O–H groups in total. The average Bonchev–Trinajstić information content (AvgIpc) is 2.60. The van der Waals surface area contributed by atoms with Crippen LogP contribution in [0.25, 0.3) is 0 Å². The van der Waals surface area contributed by atoms with E-state index in [9.17, 15) is 0 Å². The molecule has 0 spiro atoms. The van der Waals surface area contributed by atoms with Gasteiger partial charge in [-0.25, -0.2) is 9.97 Å². The standard InChI is InChI=1S/C19H18Cl2N4/c1-13-24-18(22-11-14-6-8-16(20)9-7-14)10-19(25-13)23-12-15-4-2-3-5-17(15)21/h2-10H,11-12H2,1H3,(H2,22,23,24,25). The van der Waals surface area contributed by atoms with Crippen LogP contribution in [-0.2, 0) is 13.1 Å². The maximum atomic E-state index is 6.19. The summed E-state index contributed by atoms with van der Waals surface area (Å²) in [5.41, 5.74) is 2.15. The van der Waals surface area contributed by atoms with E-state index < -0.39 is 0 Å². The van der Waals surface area contributed by atoms with Crippen molar-refractivity contribution in [3.63, 3.8) is 0 Å². The van der Waals surface area contributed by atoms with Crippen molar-refractivity contribution in [1.29, 1.82) is 0 Å². The van der Waals surface area contributed by atoms with Gasteiger partial charge in [0, 0.05) is 29.2 Å². The van der Waals surface area contributed by atoms with Crippen LogP contribution < -0.4 is 10.6 Å². The van der Waals surface area contributed by atoms with E-state index in [1.165, 1.54) is 0 Å². The number of nitrogens with zero attached hydrogens (tertiary/aromatic N) is 2. The highest BCUT2D eigenvalue weighted by atomic mass is 35.5. The minimum atomic E-state index is 0.604. The number of nitrogens with one attached hydrogen (secondary N) is 2. The molecule has 0 amide bonds. The van der Waals surface area contributed by atoms with Crippen molar-refractivity contribution >= 4 is 34.8 Å². The first-order valence-corrected chi connectivity index (χ1v) is 8.67. The lowest BCUT2D eigenvalue weighted by atomic mass is 10.2. The second-order valence-corrected chi connectivity index (χ2v) is 6.45. The number of rotatable bonds is 6. The summed E-state index contributed by atoms with van der Waals surface area (Å²) in [5, 5.41) is 8.07. The molecule has 3 aromatic rings. The maximum absolute atomic E-state index is 6.19. The molecule has 0 aliphatic rings. The third kappa shape index (κ3) is 5.08. The Labute approximate surface area is 157 Å². The molecule has 6 heteroatoms. The first kappa shape index (κ1) is 17.5. The Hall–Kier alpha value is -2.30. The predicted octanol–water partition coefficient (Wildman–Crippen LogP) is 5.32. The van der Waals surface area contributed by atoms with Crippen LogP contribution in [-0.4, -0.2) is 9.97 Å². The average molecular weight is 373 g/mol. The molecule has 0 aliphatic carbocycles. The molecule has 0 fully saturated rings. The first-order chi connectivity index (χ1) is 12.1. The largest absolute Gasteiger partial charge is 0.366 e. The van der Waals surface area contributed by atoms with Gasteiger partial charge in [0.25, 0.3) is 0 Å². The number of aromatic nitrogens is 2. The quantitative estimate of drug-likeness (QED) is 0.614. The van der Waals surface area contributed by atoms with Crippen LogP contribution in [0.1, 0.15) is 17.0 Å². The molecule has 0 saturated heterocycles. The second kappa shape index (κ2) is 8.19. The van der Waals surface area contributed by atoms with Gasteiger partial charge in [0.1, 0.15) is 17.5 Å². The van der Waals surface area contributed by atoms with Crippen LogP contribution in [0.4, 0.5) is 11.6 Å². The van der Waals surface area contributed by atoms with Gasteiger partial charge in [-0.2, -0.15) is 0 Å². The normalized spacial score (nSPS) is 10.5. The summed E-state index contributed by atoms with van der Waals surface area (Å²) in [5.74, 6) is 2.22. The van der Waals surface area contributed by atoms with E-state index >= 15 is 0 Å². The molecule has 0 bridgehead atoms. The Morgan fingerprint density at radius 3 is 2.16 bits per heavy atom. The summed E-state index contributed by atoms with van der Waals surface area (Å²) >= 11 is 12.1. The minimum absolute atomic E-state index is 0.604. The van der Waals surface area contributed by atoms with Crippen LogP contribution in [0.2, 0.25) is 10.0 Å². The van der Waals surface area contributed by atoms with E-state index in [-0.39, 0.29) is 0 Å². The zero-order valence-corrected chi connectivity index (χ0v) is 15.3. The van der Waals surface area contributed by atoms with Crippen molar-refractivity contribution in [1.82, 2.24) is 9.97 Å². The predicted molar refractivity (Wildman–Crippen MR) is 104 cm³/mol. The van der Waals surface area contributed by atoms with Crippen LogP contribution >= 0.6 is 23.2 Å². The van der Waals surface area contributed by atoms with E-state index in [0.717, 1.165) is 32.8 Å². The topological polar surface area (TPSA) is 49.8 Å². The van der Waals surface area contributed by atoms with Gasteiger partial charge in [0.15, 0.2) is 0 Å². The molecule has 1 heterocycles. The highest BCUT2D eigenvalue weighted by Gasteiger charge is 2.04. The van der Waals surface area contributed by atoms with Gasteiger partial charge in [0.2, 0.25) is 0 Å². The molecule has 25 heavy (non-hydrogen) atoms. The molecular weight excluding hydrogens is 355 g/mol. The van der Waals surface area contributed by atoms with Gasteiger partial charge < -0.3 is 10.6 Å². The van der Waals surface area contributed by atoms with E-state index in [1.54, 1.807) is 0 Å². The van der Waals surface area contributed by atoms with Gasteiger partial charge >= 0.3 is 0 Å². The van der Waals surface area contributed by atoms with E-state index in [2.05, 4.69) is 20.6 Å². The molecule has 0 saturated carbocycles. The summed E-state index contributed by atoms with van der Waals surface area (Å²) in [6.07, 6.45) is 0. The fourth-order valence-electron chi connectivity index (χ4n) is 2.37. The summed E-state index contributed by atoms with van der Waals surface area (Å²) in [6, 6.07) is 17.4. The van der Waals surface area contributed by atoms with Crippen molar-refractivity contribution in [3.05, 3.63) is 81.6 Å². The van der Waals surface area contributed by atoms with Crippen LogP contribution in [0.15, 0.2) is 54.6 Å². The van der Waals surface area contributed by atoms with Crippen molar-refractivity contribution < 1.29 is 0 Å². The number of aryl methyl sites for hydroxylation is 1. The summed E-state index contributed by atoms with van der Waals surface area (Å²) in [6.45, 7) is 3.14. The molecule has 0 atom stereocenters. The third-order valence-electron chi connectivity index (χ3n) is 3.64. The number of benzene rings is 2. The van der Waals surface area contributed by atoms with Gasteiger partial charge in [0.05, 0.1) is 0 Å². The molecule has 0 unspecified atom stereocenters. The lowest BCUT2D eigenvalue weighted by Crippen LogP contribution is -2.07. The minimum Gasteiger partial charge on any atom is -0.366 e. The highest BCUT2D eigenvalue weighted by Crippen LogP contribution is 2.18. The number of hydrogen-bond donors (Lipinski definition) is 2. The van der Waals surface area contributed by atoms with Crippen LogP contribution in [0, 0.1) is 6.92 Å². The molecule has 3 rings (SSSR count). The fraction of sp³-hybridized carbons (Fsp3) is 0.158. The number of anilines is 2. The zero-order chi connectivity index (χ0) is 17.6. The number of halogens is 2. The van der Waals surface area contributed by atoms with Crippen LogP contribution in [0.3, 0.4) is 0 Å². The van der Waals surface area contributed by atoms with Gasteiger partial charge in [-0.15, -0.1) is 0 Å². The van der Waals surface area contributed by atoms with E-state index in [1.807, 2.05) is 61.5 Å². The van der Waals surface area contributed by atoms with Crippen molar-refractivity contribution in [2.24, 2.45) is 0 Å². The first-order valence-electron chi connectivity index (χ1n) is 7.91. The zero-order valence-electron chi connectivity index (χ0n) is 13.8. The Morgan fingerprint density at radius 1 is 0.840 bits per heavy atom. The lowest BCUT2D eigenvalue weighted by molar-refractivity contribution is 1.00. The fourth-order valence-corrected chi connectivity index (χ4v) is 2.70. The van der Waals surface area contributed by atoms with E-state index in [4.69, 9.17) is 23.2 Å². The molecule has 0 aliphatic heterocycles. The molecule has 1 aromatic heterocycles. The number of hydrogen-bond acceptors (Lipinski definition) is 4. The third-order valence-corrected chi connectivity index (χ3v) is 4.26. The molecular formula is C19H18Cl2N4. The lowest BCUT2D eigenvalue weighted by Gasteiger charge is -2.11. The van der Waals surface area contributed by atoms with Crippen molar-refractivity contribution in [2.75, 3.05) is 10.6 Å². The molecule has 0 radical (unpaired) electrons. The van der Waals surface area contributed by atoms with Gasteiger partial charge in [-0.1, -0.05) is 53.5 Å². The smallest absolute Gasteiger partial charge is 0.132 e. The van der Waals surface area contributed by atoms with Crippen molar-refractivity contribution in [2.45, 2.75) is 20.0 Å². The Morgan fingerprint density at radius 2 is 1.48 bits per heavy atom. The Kier molecular flexibility index (Phi) is 5.74. The summed E-state index contributed by atoms with van der Waals surface area (Å²) in [4.78, 5) is 8.85. The maximum Gasteiger partial charge on any atom is 0.132 e. The summed E-state index contributed by atoms with van der Waals surface area (Å²) in [7, 11) is 0. The summed E-state index contributed by atoms with van der Waals surface area (Å²) < 4.78 is 0. The molecule has 128 valence electrons. The van der Waals surface area contributed by atoms with Gasteiger partial charge in [-0.05, 0) is 36.2 Å². The van der Waals surface area contributed by atoms with Crippen molar-refractivity contribution in [3.8, 4) is 0 Å². The molecule has 2 aromatic carbocycles. The Bertz CT molecular complexity index is 850. The highest BCUT2D eigenvalue weighted by molar-refractivity contribution is 6.31. The Balaban J connectivity index is 1.65. The van der Waals surface area contributed by atoms with E-state index in [0.29, 0.717) is 18.9 Å². The monoisotopic (exact) mass is 372 g/mol. The SMILES string of the molecule is Cc1nc(NCc2ccc(Cl)cc2)cc(NCc2ccccc2Cl)n1. The molecule has 4 nitrogen and oxygen atoms in total. The van der Waals surface area contributed by atoms with Gasteiger partial charge in [-0.3, -0.25) is 0 Å². The second-order valence-electron chi connectivity index (χ2n) is 5.61. The van der Waals surface area contributed by atoms with Crippen LogP contribution in [0.5, 0.6) is 0 Å².